The molecule has 1 aromatic rings. The molecule has 0 bridgehead atoms. The second-order valence-electron chi connectivity index (χ2n) is 4.84. The summed E-state index contributed by atoms with van der Waals surface area (Å²) in [5.41, 5.74) is 6.62. The lowest BCUT2D eigenvalue weighted by Gasteiger charge is -2.18. The van der Waals surface area contributed by atoms with Gasteiger partial charge in [0.1, 0.15) is 0 Å². The zero-order valence-electron chi connectivity index (χ0n) is 11.9. The van der Waals surface area contributed by atoms with Gasteiger partial charge in [0, 0.05) is 12.6 Å². The van der Waals surface area contributed by atoms with Gasteiger partial charge in [-0.3, -0.25) is 0 Å². The third-order valence-corrected chi connectivity index (χ3v) is 4.60. The smallest absolute Gasteiger partial charge is 0.326 e. The number of alkyl halides is 3. The minimum Gasteiger partial charge on any atom is -0.326 e. The fraction of sp³-hybridized carbons (Fsp3) is 0.538. The van der Waals surface area contributed by atoms with Crippen molar-refractivity contribution in [2.45, 2.75) is 50.3 Å². The molecule has 0 aliphatic carbocycles. The Morgan fingerprint density at radius 1 is 1.33 bits per heavy atom. The molecule has 1 unspecified atom stereocenters. The van der Waals surface area contributed by atoms with E-state index < -0.39 is 28.7 Å². The van der Waals surface area contributed by atoms with E-state index >= 15 is 0 Å². The van der Waals surface area contributed by atoms with Gasteiger partial charge >= 0.3 is 6.18 Å². The Morgan fingerprint density at radius 3 is 2.43 bits per heavy atom. The highest BCUT2D eigenvalue weighted by atomic mass is 32.2. The minimum absolute atomic E-state index is 0.0121. The highest BCUT2D eigenvalue weighted by molar-refractivity contribution is 7.89. The van der Waals surface area contributed by atoms with Crippen molar-refractivity contribution < 1.29 is 21.6 Å². The van der Waals surface area contributed by atoms with Crippen LogP contribution in [0, 0.1) is 0 Å². The molecule has 0 aliphatic heterocycles. The monoisotopic (exact) mass is 324 g/mol. The van der Waals surface area contributed by atoms with Crippen LogP contribution in [0.3, 0.4) is 0 Å². The van der Waals surface area contributed by atoms with Gasteiger partial charge in [0.25, 0.3) is 0 Å². The van der Waals surface area contributed by atoms with Crippen molar-refractivity contribution in [1.29, 1.82) is 0 Å². The molecular formula is C13H19F3N2O2S. The summed E-state index contributed by atoms with van der Waals surface area (Å²) >= 11 is 0. The van der Waals surface area contributed by atoms with E-state index in [9.17, 15) is 21.6 Å². The van der Waals surface area contributed by atoms with Crippen LogP contribution in [0.1, 0.15) is 31.4 Å². The Hall–Kier alpha value is -1.12. The molecule has 0 fully saturated rings. The maximum Gasteiger partial charge on any atom is 0.390 e. The summed E-state index contributed by atoms with van der Waals surface area (Å²) in [5, 5.41) is 0. The Kier molecular flexibility index (Phi) is 5.77. The molecule has 1 rings (SSSR count). The van der Waals surface area contributed by atoms with E-state index in [1.807, 2.05) is 0 Å². The van der Waals surface area contributed by atoms with Gasteiger partial charge in [0.15, 0.2) is 0 Å². The van der Waals surface area contributed by atoms with Crippen molar-refractivity contribution in [3.63, 3.8) is 0 Å². The lowest BCUT2D eigenvalue weighted by atomic mass is 10.1. The first-order valence-corrected chi connectivity index (χ1v) is 7.98. The maximum atomic E-state index is 12.3. The molecule has 1 atom stereocenters. The molecular weight excluding hydrogens is 305 g/mol. The topological polar surface area (TPSA) is 72.2 Å². The Labute approximate surface area is 122 Å². The number of nitrogens with two attached hydrogens (primary N) is 1. The second-order valence-corrected chi connectivity index (χ2v) is 6.52. The summed E-state index contributed by atoms with van der Waals surface area (Å²) in [5.74, 6) is 0. The first-order chi connectivity index (χ1) is 9.59. The van der Waals surface area contributed by atoms with Gasteiger partial charge in [-0.05, 0) is 30.5 Å². The SMILES string of the molecule is CCc1ccc(CN)cc1S(=O)(=O)NC(C)CC(F)(F)F. The second kappa shape index (κ2) is 6.76. The summed E-state index contributed by atoms with van der Waals surface area (Å²) in [6, 6.07) is 3.50. The number of sulfonamides is 1. The number of nitrogens with one attached hydrogen (secondary N) is 1. The number of rotatable bonds is 6. The fourth-order valence-corrected chi connectivity index (χ4v) is 3.59. The molecule has 21 heavy (non-hydrogen) atoms. The molecule has 0 saturated carbocycles. The van der Waals surface area contributed by atoms with E-state index in [0.29, 0.717) is 17.5 Å². The molecule has 0 aromatic heterocycles. The van der Waals surface area contributed by atoms with Crippen LogP contribution in [-0.2, 0) is 23.0 Å². The average molecular weight is 324 g/mol. The summed E-state index contributed by atoms with van der Waals surface area (Å²) in [7, 11) is -4.01. The van der Waals surface area contributed by atoms with Gasteiger partial charge in [-0.2, -0.15) is 13.2 Å². The number of hydrogen-bond acceptors (Lipinski definition) is 3. The molecule has 1 aromatic carbocycles. The van der Waals surface area contributed by atoms with E-state index in [-0.39, 0.29) is 11.4 Å². The first-order valence-electron chi connectivity index (χ1n) is 6.50. The van der Waals surface area contributed by atoms with Crippen LogP contribution in [0.5, 0.6) is 0 Å². The Bertz CT molecular complexity index is 586. The predicted molar refractivity (Wildman–Crippen MR) is 74.2 cm³/mol. The maximum absolute atomic E-state index is 12.3. The number of hydrogen-bond donors (Lipinski definition) is 2. The highest BCUT2D eigenvalue weighted by Gasteiger charge is 2.32. The van der Waals surface area contributed by atoms with Crippen LogP contribution >= 0.6 is 0 Å². The fourth-order valence-electron chi connectivity index (χ4n) is 1.99. The van der Waals surface area contributed by atoms with Crippen LogP contribution in [0.15, 0.2) is 23.1 Å². The van der Waals surface area contributed by atoms with Crippen molar-refractivity contribution in [3.8, 4) is 0 Å². The Morgan fingerprint density at radius 2 is 1.95 bits per heavy atom. The van der Waals surface area contributed by atoms with Crippen LogP contribution in [0.25, 0.3) is 0 Å². The van der Waals surface area contributed by atoms with Gasteiger partial charge in [0.2, 0.25) is 10.0 Å². The minimum atomic E-state index is -4.42. The van der Waals surface area contributed by atoms with E-state index in [1.54, 1.807) is 19.1 Å². The zero-order chi connectivity index (χ0) is 16.3. The molecule has 3 N–H and O–H groups in total. The molecule has 0 spiro atoms. The summed E-state index contributed by atoms with van der Waals surface area (Å²) in [6.07, 6.45) is -5.19. The molecule has 0 radical (unpaired) electrons. The van der Waals surface area contributed by atoms with Crippen LogP contribution in [0.4, 0.5) is 13.2 Å². The molecule has 0 amide bonds. The molecule has 120 valence electrons. The summed E-state index contributed by atoms with van der Waals surface area (Å²) < 4.78 is 63.5. The zero-order valence-corrected chi connectivity index (χ0v) is 12.7. The van der Waals surface area contributed by atoms with Gasteiger partial charge < -0.3 is 5.73 Å². The summed E-state index contributed by atoms with van der Waals surface area (Å²) in [4.78, 5) is -0.0121. The third kappa shape index (κ3) is 5.29. The predicted octanol–water partition coefficient (Wildman–Crippen LogP) is 2.33. The lowest BCUT2D eigenvalue weighted by molar-refractivity contribution is -0.137. The van der Waals surface area contributed by atoms with E-state index in [2.05, 4.69) is 4.72 Å². The standard InChI is InChI=1S/C13H19F3N2O2S/c1-3-11-5-4-10(8-17)6-12(11)21(19,20)18-9(2)7-13(14,15)16/h4-6,9,18H,3,7-8,17H2,1-2H3. The van der Waals surface area contributed by atoms with E-state index in [4.69, 9.17) is 5.73 Å². The molecule has 0 saturated heterocycles. The average Bonchev–Trinajstić information content (AvgIpc) is 2.34. The largest absolute Gasteiger partial charge is 0.390 e. The molecule has 0 aliphatic rings. The summed E-state index contributed by atoms with van der Waals surface area (Å²) in [6.45, 7) is 3.11. The van der Waals surface area contributed by atoms with E-state index in [0.717, 1.165) is 0 Å². The molecule has 0 heterocycles. The van der Waals surface area contributed by atoms with Gasteiger partial charge in [-0.15, -0.1) is 0 Å². The van der Waals surface area contributed by atoms with Crippen molar-refractivity contribution >= 4 is 10.0 Å². The van der Waals surface area contributed by atoms with Crippen molar-refractivity contribution in [3.05, 3.63) is 29.3 Å². The van der Waals surface area contributed by atoms with Crippen molar-refractivity contribution in [2.24, 2.45) is 5.73 Å². The van der Waals surface area contributed by atoms with Gasteiger partial charge in [-0.25, -0.2) is 13.1 Å². The van der Waals surface area contributed by atoms with Crippen molar-refractivity contribution in [2.75, 3.05) is 0 Å². The number of aryl methyl sites for hydroxylation is 1. The molecule has 4 nitrogen and oxygen atoms in total. The Balaban J connectivity index is 3.07. The normalized spacial score (nSPS) is 14.2. The van der Waals surface area contributed by atoms with E-state index in [1.165, 1.54) is 13.0 Å². The quantitative estimate of drug-likeness (QED) is 0.843. The number of halogens is 3. The number of benzene rings is 1. The van der Waals surface area contributed by atoms with Gasteiger partial charge in [-0.1, -0.05) is 19.1 Å². The molecule has 8 heteroatoms. The first kappa shape index (κ1) is 17.9. The van der Waals surface area contributed by atoms with Gasteiger partial charge in [0.05, 0.1) is 11.3 Å². The van der Waals surface area contributed by atoms with Crippen molar-refractivity contribution in [1.82, 2.24) is 4.72 Å². The van der Waals surface area contributed by atoms with Crippen LogP contribution in [-0.4, -0.2) is 20.6 Å². The van der Waals surface area contributed by atoms with Crippen LogP contribution in [0.2, 0.25) is 0 Å². The third-order valence-electron chi connectivity index (χ3n) is 2.93. The lowest BCUT2D eigenvalue weighted by Crippen LogP contribution is -2.36. The highest BCUT2D eigenvalue weighted by Crippen LogP contribution is 2.23. The van der Waals surface area contributed by atoms with Crippen LogP contribution < -0.4 is 10.5 Å².